The molecule has 5 rings (SSSR count). The van der Waals surface area contributed by atoms with Gasteiger partial charge in [-0.15, -0.1) is 0 Å². The van der Waals surface area contributed by atoms with Crippen molar-refractivity contribution in [2.45, 2.75) is 58.2 Å². The minimum Gasteiger partial charge on any atom is -0.380 e. The van der Waals surface area contributed by atoms with Crippen LogP contribution in [0.25, 0.3) is 0 Å². The number of amides is 4. The van der Waals surface area contributed by atoms with Crippen molar-refractivity contribution in [3.05, 3.63) is 12.2 Å². The number of fused-ring (bicyclic) bond motifs is 5. The van der Waals surface area contributed by atoms with Gasteiger partial charge in [-0.3, -0.25) is 19.2 Å². The number of likely N-dealkylation sites (tertiary alicyclic amines) is 1. The van der Waals surface area contributed by atoms with E-state index in [4.69, 9.17) is 4.74 Å². The fraction of sp³-hybridized carbons (Fsp3) is 0.741. The summed E-state index contributed by atoms with van der Waals surface area (Å²) >= 11 is 0. The van der Waals surface area contributed by atoms with E-state index in [-0.39, 0.29) is 59.6 Å². The highest BCUT2D eigenvalue weighted by molar-refractivity contribution is 5.94. The minimum absolute atomic E-state index is 0.0237. The number of rotatable bonds is 7. The second-order valence-corrected chi connectivity index (χ2v) is 12.4. The fourth-order valence-electron chi connectivity index (χ4n) is 6.80. The van der Waals surface area contributed by atoms with Crippen molar-refractivity contribution in [3.8, 4) is 6.07 Å². The number of hydrogen-bond acceptors (Lipinski definition) is 6. The van der Waals surface area contributed by atoms with Crippen molar-refractivity contribution in [1.29, 1.82) is 5.26 Å². The highest BCUT2D eigenvalue weighted by Gasteiger charge is 2.59. The Morgan fingerprint density at radius 2 is 1.92 bits per heavy atom. The second-order valence-electron chi connectivity index (χ2n) is 12.4. The van der Waals surface area contributed by atoms with Crippen LogP contribution in [0.1, 0.15) is 40.0 Å². The van der Waals surface area contributed by atoms with Gasteiger partial charge in [0.15, 0.2) is 0 Å². The molecule has 3 heterocycles. The summed E-state index contributed by atoms with van der Waals surface area (Å²) in [6, 6.07) is -0.194. The van der Waals surface area contributed by atoms with Crippen molar-refractivity contribution >= 4 is 23.6 Å². The SMILES string of the molecule is CC(C)(C)[C@H](NC(=O)C1COC1)C(=O)N1C[C@H]2[C@@H]([C@H]1C(=O)N[C@H](C#N)C[C@@H]1CCNC1=O)[C@H]1C=C[C@@H]2C1. The van der Waals surface area contributed by atoms with Crippen LogP contribution >= 0.6 is 0 Å². The maximum atomic E-state index is 14.1. The number of nitrogens with one attached hydrogen (secondary N) is 3. The fourth-order valence-corrected chi connectivity index (χ4v) is 6.80. The molecule has 8 atom stereocenters. The van der Waals surface area contributed by atoms with E-state index in [1.807, 2.05) is 20.8 Å². The van der Waals surface area contributed by atoms with Gasteiger partial charge in [0.05, 0.1) is 25.2 Å². The van der Waals surface area contributed by atoms with Gasteiger partial charge in [-0.05, 0) is 48.3 Å². The van der Waals surface area contributed by atoms with Crippen LogP contribution in [0.15, 0.2) is 12.2 Å². The van der Waals surface area contributed by atoms with E-state index in [0.717, 1.165) is 6.42 Å². The molecule has 3 N–H and O–H groups in total. The molecule has 0 radical (unpaired) electrons. The van der Waals surface area contributed by atoms with E-state index in [0.29, 0.717) is 38.6 Å². The Morgan fingerprint density at radius 1 is 1.19 bits per heavy atom. The van der Waals surface area contributed by atoms with Gasteiger partial charge < -0.3 is 25.6 Å². The summed E-state index contributed by atoms with van der Waals surface area (Å²) < 4.78 is 5.15. The topological polar surface area (TPSA) is 141 Å². The van der Waals surface area contributed by atoms with Crippen molar-refractivity contribution < 1.29 is 23.9 Å². The Bertz CT molecular complexity index is 1040. The first-order chi connectivity index (χ1) is 17.6. The van der Waals surface area contributed by atoms with E-state index in [9.17, 15) is 24.4 Å². The quantitative estimate of drug-likeness (QED) is 0.421. The van der Waals surface area contributed by atoms with Crippen molar-refractivity contribution in [1.82, 2.24) is 20.9 Å². The van der Waals surface area contributed by atoms with Crippen LogP contribution in [0.5, 0.6) is 0 Å². The van der Waals surface area contributed by atoms with Gasteiger partial charge in [0.2, 0.25) is 23.6 Å². The molecule has 4 fully saturated rings. The molecule has 37 heavy (non-hydrogen) atoms. The van der Waals surface area contributed by atoms with Gasteiger partial charge in [0, 0.05) is 19.0 Å². The second kappa shape index (κ2) is 9.75. The first kappa shape index (κ1) is 25.7. The highest BCUT2D eigenvalue weighted by atomic mass is 16.5. The van der Waals surface area contributed by atoms with Crippen molar-refractivity contribution in [2.24, 2.45) is 40.9 Å². The summed E-state index contributed by atoms with van der Waals surface area (Å²) in [6.45, 7) is 7.43. The molecule has 0 aromatic rings. The van der Waals surface area contributed by atoms with Gasteiger partial charge >= 0.3 is 0 Å². The molecule has 3 aliphatic heterocycles. The Kier molecular flexibility index (Phi) is 6.77. The predicted molar refractivity (Wildman–Crippen MR) is 132 cm³/mol. The normalized spacial score (nSPS) is 33.8. The van der Waals surface area contributed by atoms with Gasteiger partial charge in [-0.2, -0.15) is 5.26 Å². The molecule has 0 spiro atoms. The number of hydrogen-bond donors (Lipinski definition) is 3. The molecular weight excluding hydrogens is 474 g/mol. The Labute approximate surface area is 217 Å². The van der Waals surface area contributed by atoms with Gasteiger partial charge in [-0.25, -0.2) is 0 Å². The van der Waals surface area contributed by atoms with E-state index >= 15 is 0 Å². The summed E-state index contributed by atoms with van der Waals surface area (Å²) in [5.41, 5.74) is -0.571. The van der Waals surface area contributed by atoms with E-state index in [1.165, 1.54) is 0 Å². The summed E-state index contributed by atoms with van der Waals surface area (Å²) in [5, 5.41) is 18.3. The summed E-state index contributed by atoms with van der Waals surface area (Å²) in [7, 11) is 0. The number of nitrogens with zero attached hydrogens (tertiary/aromatic N) is 2. The van der Waals surface area contributed by atoms with Gasteiger partial charge in [0.1, 0.15) is 18.1 Å². The van der Waals surface area contributed by atoms with Crippen LogP contribution in [-0.4, -0.2) is 73.0 Å². The largest absolute Gasteiger partial charge is 0.380 e. The third kappa shape index (κ3) is 4.74. The number of allylic oxidation sites excluding steroid dienone is 2. The molecule has 0 aromatic carbocycles. The lowest BCUT2D eigenvalue weighted by molar-refractivity contribution is -0.149. The number of nitriles is 1. The predicted octanol–water partition coefficient (Wildman–Crippen LogP) is 0.347. The van der Waals surface area contributed by atoms with Gasteiger partial charge in [0.25, 0.3) is 0 Å². The zero-order valence-corrected chi connectivity index (χ0v) is 21.7. The Morgan fingerprint density at radius 3 is 2.51 bits per heavy atom. The Balaban J connectivity index is 1.37. The lowest BCUT2D eigenvalue weighted by Gasteiger charge is -2.38. The highest BCUT2D eigenvalue weighted by Crippen LogP contribution is 2.54. The molecule has 0 aromatic heterocycles. The molecule has 2 bridgehead atoms. The molecule has 200 valence electrons. The summed E-state index contributed by atoms with van der Waals surface area (Å²) in [4.78, 5) is 54.3. The molecule has 3 saturated heterocycles. The molecule has 4 amide bonds. The van der Waals surface area contributed by atoms with E-state index in [1.54, 1.807) is 4.90 Å². The number of carbonyl (C=O) groups excluding carboxylic acids is 4. The summed E-state index contributed by atoms with van der Waals surface area (Å²) in [6.07, 6.45) is 6.22. The van der Waals surface area contributed by atoms with Crippen LogP contribution in [0.3, 0.4) is 0 Å². The van der Waals surface area contributed by atoms with Gasteiger partial charge in [-0.1, -0.05) is 32.9 Å². The monoisotopic (exact) mass is 511 g/mol. The molecule has 1 saturated carbocycles. The van der Waals surface area contributed by atoms with Crippen LogP contribution in [0.2, 0.25) is 0 Å². The number of carbonyl (C=O) groups is 4. The van der Waals surface area contributed by atoms with Crippen molar-refractivity contribution in [3.63, 3.8) is 0 Å². The molecule has 10 heteroatoms. The zero-order chi connectivity index (χ0) is 26.5. The van der Waals surface area contributed by atoms with Crippen molar-refractivity contribution in [2.75, 3.05) is 26.3 Å². The Hall–Kier alpha value is -2.93. The van der Waals surface area contributed by atoms with E-state index < -0.39 is 23.5 Å². The zero-order valence-electron chi connectivity index (χ0n) is 21.7. The molecule has 10 nitrogen and oxygen atoms in total. The molecule has 2 aliphatic carbocycles. The molecule has 0 unspecified atom stereocenters. The maximum absolute atomic E-state index is 14.1. The molecule has 5 aliphatic rings. The van der Waals surface area contributed by atoms with E-state index in [2.05, 4.69) is 34.2 Å². The first-order valence-corrected chi connectivity index (χ1v) is 13.4. The summed E-state index contributed by atoms with van der Waals surface area (Å²) in [5.74, 6) is -0.800. The average molecular weight is 512 g/mol. The maximum Gasteiger partial charge on any atom is 0.246 e. The standard InChI is InChI=1S/C27H37N5O5/c1-27(2,3)22(31-24(34)17-12-37-13-17)26(36)32-11-19-14-4-5-15(8-14)20(19)21(32)25(35)30-18(10-28)9-16-6-7-29-23(16)33/h4-5,14-22H,6-9,11-13H2,1-3H3,(H,29,33)(H,30,35)(H,31,34)/t14-,15+,16+,18+,19-,20+,21+,22-/m1/s1. The third-order valence-corrected chi connectivity index (χ3v) is 8.91. The smallest absolute Gasteiger partial charge is 0.246 e. The minimum atomic E-state index is -0.816. The molecular formula is C27H37N5O5. The third-order valence-electron chi connectivity index (χ3n) is 8.91. The van der Waals surface area contributed by atoms with Crippen LogP contribution < -0.4 is 16.0 Å². The first-order valence-electron chi connectivity index (χ1n) is 13.4. The van der Waals surface area contributed by atoms with Crippen LogP contribution in [0, 0.1) is 52.3 Å². The van der Waals surface area contributed by atoms with Crippen LogP contribution in [-0.2, 0) is 23.9 Å². The number of ether oxygens (including phenoxy) is 1. The van der Waals surface area contributed by atoms with Crippen LogP contribution in [0.4, 0.5) is 0 Å². The lowest BCUT2D eigenvalue weighted by atomic mass is 9.81. The lowest BCUT2D eigenvalue weighted by Crippen LogP contribution is -2.60. The average Bonchev–Trinajstić information content (AvgIpc) is 3.57.